The summed E-state index contributed by atoms with van der Waals surface area (Å²) in [6, 6.07) is 1.65. The summed E-state index contributed by atoms with van der Waals surface area (Å²) in [5, 5.41) is 12.0. The number of rotatable bonds is 4. The minimum absolute atomic E-state index is 0.135. The topological polar surface area (TPSA) is 92.0 Å². The molecule has 21 heavy (non-hydrogen) atoms. The minimum atomic E-state index is -1.01. The van der Waals surface area contributed by atoms with Crippen molar-refractivity contribution in [1.82, 2.24) is 10.2 Å². The number of hydrogen-bond acceptors (Lipinski definition) is 5. The number of furan rings is 1. The van der Waals surface area contributed by atoms with Crippen LogP contribution in [0.4, 0.5) is 4.79 Å². The second kappa shape index (κ2) is 5.77. The zero-order chi connectivity index (χ0) is 15.6. The lowest BCUT2D eigenvalue weighted by Crippen LogP contribution is -2.60. The first-order chi connectivity index (χ1) is 9.74. The second-order valence-corrected chi connectivity index (χ2v) is 6.07. The van der Waals surface area contributed by atoms with E-state index in [9.17, 15) is 9.59 Å². The van der Waals surface area contributed by atoms with Gasteiger partial charge in [-0.3, -0.25) is 0 Å². The number of carboxylic acids is 1. The fourth-order valence-electron chi connectivity index (χ4n) is 1.91. The normalized spacial score (nSPS) is 15.7. The Balaban J connectivity index is 1.71. The van der Waals surface area contributed by atoms with Crippen molar-refractivity contribution in [3.05, 3.63) is 23.7 Å². The fourth-order valence-corrected chi connectivity index (χ4v) is 1.91. The van der Waals surface area contributed by atoms with Gasteiger partial charge < -0.3 is 24.5 Å². The maximum atomic E-state index is 11.7. The molecule has 0 atom stereocenters. The quantitative estimate of drug-likeness (QED) is 0.878. The zero-order valence-corrected chi connectivity index (χ0v) is 12.4. The molecule has 0 bridgehead atoms. The molecule has 0 radical (unpaired) electrons. The Labute approximate surface area is 122 Å². The number of carboxylic acid groups (broad SMARTS) is 1. The van der Waals surface area contributed by atoms with Gasteiger partial charge in [0.25, 0.3) is 0 Å². The molecule has 1 fully saturated rings. The molecule has 1 aliphatic rings. The highest BCUT2D eigenvalue weighted by Gasteiger charge is 2.33. The summed E-state index contributed by atoms with van der Waals surface area (Å²) < 4.78 is 10.4. The average Bonchev–Trinajstić information content (AvgIpc) is 2.73. The molecule has 7 nitrogen and oxygen atoms in total. The molecule has 0 unspecified atom stereocenters. The number of nitrogens with zero attached hydrogens (tertiary/aromatic N) is 1. The van der Waals surface area contributed by atoms with Crippen LogP contribution in [0, 0.1) is 0 Å². The molecule has 7 heteroatoms. The Hall–Kier alpha value is -2.02. The number of ether oxygens (including phenoxy) is 1. The first-order valence-corrected chi connectivity index (χ1v) is 6.76. The van der Waals surface area contributed by atoms with E-state index in [1.165, 1.54) is 12.3 Å². The zero-order valence-electron chi connectivity index (χ0n) is 12.4. The third-order valence-electron chi connectivity index (χ3n) is 3.00. The van der Waals surface area contributed by atoms with Crippen molar-refractivity contribution in [2.75, 3.05) is 13.1 Å². The van der Waals surface area contributed by atoms with Gasteiger partial charge in [0.15, 0.2) is 0 Å². The van der Waals surface area contributed by atoms with Gasteiger partial charge in [0.1, 0.15) is 17.6 Å². The smallest absolute Gasteiger partial charge is 0.410 e. The van der Waals surface area contributed by atoms with Gasteiger partial charge in [-0.25, -0.2) is 9.59 Å². The van der Waals surface area contributed by atoms with Gasteiger partial charge in [-0.05, 0) is 26.8 Å². The summed E-state index contributed by atoms with van der Waals surface area (Å²) >= 11 is 0. The summed E-state index contributed by atoms with van der Waals surface area (Å²) in [5.74, 6) is -0.451. The minimum Gasteiger partial charge on any atom is -0.478 e. The Morgan fingerprint density at radius 2 is 2.14 bits per heavy atom. The standard InChI is InChI=1S/C14H20N2O5/c1-14(2,3)21-13(19)16-6-10(7-16)15-5-11-4-9(8-20-11)12(17)18/h4,8,10,15H,5-7H2,1-3H3,(H,17,18). The molecule has 0 spiro atoms. The van der Waals surface area contributed by atoms with Crippen LogP contribution < -0.4 is 5.32 Å². The Kier molecular flexibility index (Phi) is 4.22. The number of nitrogens with one attached hydrogen (secondary N) is 1. The third-order valence-corrected chi connectivity index (χ3v) is 3.00. The lowest BCUT2D eigenvalue weighted by atomic mass is 10.1. The van der Waals surface area contributed by atoms with Gasteiger partial charge in [0.2, 0.25) is 0 Å². The molecule has 2 rings (SSSR count). The van der Waals surface area contributed by atoms with Crippen LogP contribution >= 0.6 is 0 Å². The van der Waals surface area contributed by atoms with Crippen molar-refractivity contribution in [3.63, 3.8) is 0 Å². The van der Waals surface area contributed by atoms with E-state index in [1.807, 2.05) is 20.8 Å². The van der Waals surface area contributed by atoms with Crippen molar-refractivity contribution < 1.29 is 23.8 Å². The van der Waals surface area contributed by atoms with Crippen LogP contribution in [0.5, 0.6) is 0 Å². The van der Waals surface area contributed by atoms with Gasteiger partial charge in [-0.2, -0.15) is 0 Å². The van der Waals surface area contributed by atoms with Gasteiger partial charge in [-0.1, -0.05) is 0 Å². The van der Waals surface area contributed by atoms with E-state index in [0.29, 0.717) is 25.4 Å². The molecule has 1 aliphatic heterocycles. The van der Waals surface area contributed by atoms with Gasteiger partial charge in [0.05, 0.1) is 12.1 Å². The Morgan fingerprint density at radius 3 is 2.67 bits per heavy atom. The summed E-state index contributed by atoms with van der Waals surface area (Å²) in [4.78, 5) is 24.1. The molecule has 116 valence electrons. The van der Waals surface area contributed by atoms with Gasteiger partial charge >= 0.3 is 12.1 Å². The predicted molar refractivity (Wildman–Crippen MR) is 74.1 cm³/mol. The van der Waals surface area contributed by atoms with E-state index in [0.717, 1.165) is 0 Å². The number of amides is 1. The van der Waals surface area contributed by atoms with Crippen molar-refractivity contribution >= 4 is 12.1 Å². The lowest BCUT2D eigenvalue weighted by molar-refractivity contribution is 0.00504. The number of aromatic carboxylic acids is 1. The van der Waals surface area contributed by atoms with E-state index in [4.69, 9.17) is 14.3 Å². The van der Waals surface area contributed by atoms with E-state index in [-0.39, 0.29) is 17.7 Å². The van der Waals surface area contributed by atoms with Gasteiger partial charge in [-0.15, -0.1) is 0 Å². The average molecular weight is 296 g/mol. The summed E-state index contributed by atoms with van der Waals surface area (Å²) in [5.41, 5.74) is -0.354. The van der Waals surface area contributed by atoms with Crippen molar-refractivity contribution in [1.29, 1.82) is 0 Å². The van der Waals surface area contributed by atoms with Crippen LogP contribution in [0.2, 0.25) is 0 Å². The van der Waals surface area contributed by atoms with Crippen molar-refractivity contribution in [3.8, 4) is 0 Å². The molecule has 2 heterocycles. The number of hydrogen-bond donors (Lipinski definition) is 2. The first kappa shape index (κ1) is 15.4. The van der Waals surface area contributed by atoms with Gasteiger partial charge in [0, 0.05) is 19.1 Å². The largest absolute Gasteiger partial charge is 0.478 e. The summed E-state index contributed by atoms with van der Waals surface area (Å²) in [6.45, 7) is 7.06. The fraction of sp³-hybridized carbons (Fsp3) is 0.571. The van der Waals surface area contributed by atoms with Crippen LogP contribution in [0.25, 0.3) is 0 Å². The van der Waals surface area contributed by atoms with E-state index in [1.54, 1.807) is 4.90 Å². The Morgan fingerprint density at radius 1 is 1.48 bits per heavy atom. The van der Waals surface area contributed by atoms with Crippen molar-refractivity contribution in [2.45, 2.75) is 39.0 Å². The third kappa shape index (κ3) is 4.22. The Bertz CT molecular complexity index is 526. The van der Waals surface area contributed by atoms with Crippen LogP contribution in [-0.4, -0.2) is 46.8 Å². The SMILES string of the molecule is CC(C)(C)OC(=O)N1CC(NCc2cc(C(=O)O)co2)C1. The van der Waals surface area contributed by atoms with Crippen LogP contribution in [0.3, 0.4) is 0 Å². The highest BCUT2D eigenvalue weighted by Crippen LogP contribution is 2.16. The number of carbonyl (C=O) groups excluding carboxylic acids is 1. The monoisotopic (exact) mass is 296 g/mol. The highest BCUT2D eigenvalue weighted by molar-refractivity contribution is 5.87. The van der Waals surface area contributed by atoms with Crippen LogP contribution in [-0.2, 0) is 11.3 Å². The molecule has 1 aromatic heterocycles. The molecule has 1 amide bonds. The maximum absolute atomic E-state index is 11.7. The summed E-state index contributed by atoms with van der Waals surface area (Å²) in [6.07, 6.45) is 0.902. The molecular weight excluding hydrogens is 276 g/mol. The van der Waals surface area contributed by atoms with Crippen molar-refractivity contribution in [2.24, 2.45) is 0 Å². The molecule has 0 aliphatic carbocycles. The molecule has 2 N–H and O–H groups in total. The van der Waals surface area contributed by atoms with E-state index < -0.39 is 11.6 Å². The van der Waals surface area contributed by atoms with E-state index in [2.05, 4.69) is 5.32 Å². The first-order valence-electron chi connectivity index (χ1n) is 6.76. The second-order valence-electron chi connectivity index (χ2n) is 6.07. The summed E-state index contributed by atoms with van der Waals surface area (Å²) in [7, 11) is 0. The molecular formula is C14H20N2O5. The number of likely N-dealkylation sites (tertiary alicyclic amines) is 1. The molecule has 0 aromatic carbocycles. The van der Waals surface area contributed by atoms with Crippen LogP contribution in [0.1, 0.15) is 36.9 Å². The molecule has 1 saturated heterocycles. The molecule has 0 saturated carbocycles. The number of carbonyl (C=O) groups is 2. The lowest BCUT2D eigenvalue weighted by Gasteiger charge is -2.40. The predicted octanol–water partition coefficient (Wildman–Crippen LogP) is 1.69. The van der Waals surface area contributed by atoms with Crippen LogP contribution in [0.15, 0.2) is 16.7 Å². The maximum Gasteiger partial charge on any atom is 0.410 e. The molecule has 1 aromatic rings. The highest BCUT2D eigenvalue weighted by atomic mass is 16.6. The van der Waals surface area contributed by atoms with E-state index >= 15 is 0 Å².